The third-order valence-electron chi connectivity index (χ3n) is 7.06. The van der Waals surface area contributed by atoms with E-state index in [9.17, 15) is 13.2 Å². The van der Waals surface area contributed by atoms with Crippen LogP contribution < -0.4 is 0 Å². The van der Waals surface area contributed by atoms with Crippen molar-refractivity contribution in [2.45, 2.75) is 24.3 Å². The van der Waals surface area contributed by atoms with Crippen LogP contribution in [0.15, 0.2) is 77.7 Å². The number of hydrogen-bond acceptors (Lipinski definition) is 4. The highest BCUT2D eigenvalue weighted by Crippen LogP contribution is 2.25. The summed E-state index contributed by atoms with van der Waals surface area (Å²) >= 11 is 0. The second kappa shape index (κ2) is 9.86. The molecule has 0 radical (unpaired) electrons. The molecule has 0 N–H and O–H groups in total. The number of fused-ring (bicyclic) bond motifs is 1. The zero-order chi connectivity index (χ0) is 23.5. The summed E-state index contributed by atoms with van der Waals surface area (Å²) in [6.45, 7) is 4.18. The molecule has 34 heavy (non-hydrogen) atoms. The normalized spacial score (nSPS) is 20.5. The molecule has 2 aliphatic rings. The molecular formula is C27H31N3O3S. The van der Waals surface area contributed by atoms with Crippen LogP contribution >= 0.6 is 0 Å². The molecule has 178 valence electrons. The zero-order valence-electron chi connectivity index (χ0n) is 19.3. The summed E-state index contributed by atoms with van der Waals surface area (Å²) in [5.41, 5.74) is 1.30. The lowest BCUT2D eigenvalue weighted by Gasteiger charge is -2.38. The monoisotopic (exact) mass is 477 g/mol. The van der Waals surface area contributed by atoms with Gasteiger partial charge >= 0.3 is 0 Å². The van der Waals surface area contributed by atoms with Crippen LogP contribution in [0, 0.1) is 5.92 Å². The molecule has 0 saturated carbocycles. The molecular weight excluding hydrogens is 446 g/mol. The van der Waals surface area contributed by atoms with Crippen molar-refractivity contribution >= 4 is 26.7 Å². The number of piperidine rings is 1. The molecule has 3 aromatic rings. The minimum absolute atomic E-state index is 0.0268. The number of carbonyl (C=O) groups excluding carboxylic acids is 1. The molecule has 6 nitrogen and oxygen atoms in total. The van der Waals surface area contributed by atoms with Gasteiger partial charge in [-0.2, -0.15) is 4.31 Å². The largest absolute Gasteiger partial charge is 0.340 e. The first-order valence-corrected chi connectivity index (χ1v) is 13.5. The Hall–Kier alpha value is -2.74. The van der Waals surface area contributed by atoms with Crippen molar-refractivity contribution in [2.75, 3.05) is 39.3 Å². The number of carbonyl (C=O) groups is 1. The van der Waals surface area contributed by atoms with Gasteiger partial charge in [-0.25, -0.2) is 8.42 Å². The fraction of sp³-hybridized carbons (Fsp3) is 0.370. The fourth-order valence-electron chi connectivity index (χ4n) is 5.22. The van der Waals surface area contributed by atoms with Crippen molar-refractivity contribution in [3.8, 4) is 0 Å². The Morgan fingerprint density at radius 3 is 2.32 bits per heavy atom. The number of hydrogen-bond donors (Lipinski definition) is 0. The second-order valence-electron chi connectivity index (χ2n) is 9.25. The van der Waals surface area contributed by atoms with E-state index >= 15 is 0 Å². The minimum Gasteiger partial charge on any atom is -0.340 e. The third kappa shape index (κ3) is 4.73. The van der Waals surface area contributed by atoms with Gasteiger partial charge in [0.05, 0.1) is 10.8 Å². The standard InChI is InChI=1S/C27H31N3O3S/c31-27(29-16-18-30(19-17-29)34(32,33)25-12-2-1-3-13-25)24-11-7-15-28(21-24)20-23-10-6-9-22-8-4-5-14-26(22)23/h1-6,8-10,12-14,24H,7,11,15-21H2. The first kappa shape index (κ1) is 23.0. The van der Waals surface area contributed by atoms with Crippen LogP contribution in [0.3, 0.4) is 0 Å². The smallest absolute Gasteiger partial charge is 0.243 e. The van der Waals surface area contributed by atoms with E-state index in [2.05, 4.69) is 47.4 Å². The maximum atomic E-state index is 13.3. The topological polar surface area (TPSA) is 60.9 Å². The van der Waals surface area contributed by atoms with Gasteiger partial charge < -0.3 is 4.90 Å². The van der Waals surface area contributed by atoms with Gasteiger partial charge in [-0.05, 0) is 47.9 Å². The summed E-state index contributed by atoms with van der Waals surface area (Å²) in [5.74, 6) is 0.139. The van der Waals surface area contributed by atoms with Gasteiger partial charge in [0.1, 0.15) is 0 Å². The summed E-state index contributed by atoms with van der Waals surface area (Å²) < 4.78 is 27.3. The maximum Gasteiger partial charge on any atom is 0.243 e. The third-order valence-corrected chi connectivity index (χ3v) is 8.97. The van der Waals surface area contributed by atoms with Crippen molar-refractivity contribution in [1.29, 1.82) is 0 Å². The predicted molar refractivity (Wildman–Crippen MR) is 134 cm³/mol. The van der Waals surface area contributed by atoms with Crippen molar-refractivity contribution in [3.05, 3.63) is 78.4 Å². The van der Waals surface area contributed by atoms with Crippen LogP contribution in [0.1, 0.15) is 18.4 Å². The molecule has 0 aliphatic carbocycles. The van der Waals surface area contributed by atoms with Gasteiger partial charge in [0.2, 0.25) is 15.9 Å². The molecule has 7 heteroatoms. The Kier molecular flexibility index (Phi) is 6.68. The van der Waals surface area contributed by atoms with E-state index < -0.39 is 10.0 Å². The molecule has 1 atom stereocenters. The first-order chi connectivity index (χ1) is 16.5. The number of nitrogens with zero attached hydrogens (tertiary/aromatic N) is 3. The van der Waals surface area contributed by atoms with Crippen LogP contribution in [-0.4, -0.2) is 67.7 Å². The van der Waals surface area contributed by atoms with E-state index in [0.717, 1.165) is 32.5 Å². The van der Waals surface area contributed by atoms with E-state index in [1.807, 2.05) is 11.0 Å². The van der Waals surface area contributed by atoms with Gasteiger partial charge in [-0.3, -0.25) is 9.69 Å². The van der Waals surface area contributed by atoms with Gasteiger partial charge in [0, 0.05) is 39.3 Å². The molecule has 2 fully saturated rings. The average Bonchev–Trinajstić information content (AvgIpc) is 2.89. The van der Waals surface area contributed by atoms with Gasteiger partial charge in [0.25, 0.3) is 0 Å². The average molecular weight is 478 g/mol. The highest BCUT2D eigenvalue weighted by Gasteiger charge is 2.34. The molecule has 0 aromatic heterocycles. The molecule has 3 aromatic carbocycles. The van der Waals surface area contributed by atoms with E-state index in [1.165, 1.54) is 20.6 Å². The molecule has 0 spiro atoms. The van der Waals surface area contributed by atoms with E-state index in [4.69, 9.17) is 0 Å². The summed E-state index contributed by atoms with van der Waals surface area (Å²) in [7, 11) is -3.51. The summed E-state index contributed by atoms with van der Waals surface area (Å²) in [4.78, 5) is 17.9. The minimum atomic E-state index is -3.51. The number of amides is 1. The number of sulfonamides is 1. The van der Waals surface area contributed by atoms with Crippen molar-refractivity contribution in [1.82, 2.24) is 14.1 Å². The Morgan fingerprint density at radius 2 is 1.53 bits per heavy atom. The van der Waals surface area contributed by atoms with E-state index in [1.54, 1.807) is 24.3 Å². The summed E-state index contributed by atoms with van der Waals surface area (Å²) in [5, 5.41) is 2.52. The SMILES string of the molecule is O=C(C1CCCN(Cc2cccc3ccccc23)C1)N1CCN(S(=O)(=O)c2ccccc2)CC1. The Balaban J connectivity index is 1.20. The first-order valence-electron chi connectivity index (χ1n) is 12.1. The zero-order valence-corrected chi connectivity index (χ0v) is 20.2. The number of benzene rings is 3. The molecule has 2 saturated heterocycles. The molecule has 1 amide bonds. The van der Waals surface area contributed by atoms with Crippen molar-refractivity contribution < 1.29 is 13.2 Å². The van der Waals surface area contributed by atoms with Crippen LogP contribution in [0.4, 0.5) is 0 Å². The quantitative estimate of drug-likeness (QED) is 0.564. The van der Waals surface area contributed by atoms with Gasteiger partial charge in [-0.1, -0.05) is 60.7 Å². The number of piperazine rings is 1. The van der Waals surface area contributed by atoms with Crippen LogP contribution in [-0.2, 0) is 21.4 Å². The maximum absolute atomic E-state index is 13.3. The summed E-state index contributed by atoms with van der Waals surface area (Å²) in [6.07, 6.45) is 1.90. The van der Waals surface area contributed by atoms with Gasteiger partial charge in [0.15, 0.2) is 0 Å². The predicted octanol–water partition coefficient (Wildman–Crippen LogP) is 3.58. The Bertz CT molecular complexity index is 1250. The second-order valence-corrected chi connectivity index (χ2v) is 11.2. The van der Waals surface area contributed by atoms with Crippen LogP contribution in [0.25, 0.3) is 10.8 Å². The lowest BCUT2D eigenvalue weighted by molar-refractivity contribution is -0.138. The molecule has 1 unspecified atom stereocenters. The molecule has 0 bridgehead atoms. The number of rotatable bonds is 5. The van der Waals surface area contributed by atoms with E-state index in [-0.39, 0.29) is 11.8 Å². The fourth-order valence-corrected chi connectivity index (χ4v) is 6.66. The van der Waals surface area contributed by atoms with E-state index in [0.29, 0.717) is 31.1 Å². The lowest BCUT2D eigenvalue weighted by atomic mass is 9.95. The van der Waals surface area contributed by atoms with Gasteiger partial charge in [-0.15, -0.1) is 0 Å². The highest BCUT2D eigenvalue weighted by atomic mass is 32.2. The highest BCUT2D eigenvalue weighted by molar-refractivity contribution is 7.89. The van der Waals surface area contributed by atoms with Crippen molar-refractivity contribution in [3.63, 3.8) is 0 Å². The summed E-state index contributed by atoms with van der Waals surface area (Å²) in [6, 6.07) is 23.4. The molecule has 5 rings (SSSR count). The Morgan fingerprint density at radius 1 is 0.824 bits per heavy atom. The van der Waals surface area contributed by atoms with Crippen molar-refractivity contribution in [2.24, 2.45) is 5.92 Å². The Labute approximate surface area is 201 Å². The lowest BCUT2D eigenvalue weighted by Crippen LogP contribution is -2.53. The van der Waals surface area contributed by atoms with Crippen LogP contribution in [0.5, 0.6) is 0 Å². The molecule has 2 heterocycles. The molecule has 2 aliphatic heterocycles. The number of likely N-dealkylation sites (tertiary alicyclic amines) is 1. The van der Waals surface area contributed by atoms with Crippen LogP contribution in [0.2, 0.25) is 0 Å².